The van der Waals surface area contributed by atoms with Gasteiger partial charge < -0.3 is 10.5 Å². The topological polar surface area (TPSA) is 38.5 Å². The first kappa shape index (κ1) is 16.3. The van der Waals surface area contributed by atoms with Gasteiger partial charge in [-0.25, -0.2) is 0 Å². The Morgan fingerprint density at radius 3 is 2.70 bits per heavy atom. The Morgan fingerprint density at radius 1 is 1.35 bits per heavy atom. The second-order valence-corrected chi connectivity index (χ2v) is 8.04. The SMILES string of the molecule is CC(C)CC1CCCC(CN)(N2CCOCC2(C)C)C1. The van der Waals surface area contributed by atoms with E-state index in [1.54, 1.807) is 0 Å². The number of rotatable bonds is 4. The maximum absolute atomic E-state index is 6.30. The van der Waals surface area contributed by atoms with Crippen LogP contribution < -0.4 is 5.73 Å². The van der Waals surface area contributed by atoms with Crippen molar-refractivity contribution in [2.75, 3.05) is 26.3 Å². The van der Waals surface area contributed by atoms with Crippen molar-refractivity contribution in [1.82, 2.24) is 4.90 Å². The number of hydrogen-bond donors (Lipinski definition) is 1. The van der Waals surface area contributed by atoms with Crippen LogP contribution in [0, 0.1) is 11.8 Å². The van der Waals surface area contributed by atoms with Gasteiger partial charge in [0.2, 0.25) is 0 Å². The Bertz CT molecular complexity index is 316. The van der Waals surface area contributed by atoms with E-state index >= 15 is 0 Å². The summed E-state index contributed by atoms with van der Waals surface area (Å²) in [5.74, 6) is 1.65. The number of hydrogen-bond acceptors (Lipinski definition) is 3. The smallest absolute Gasteiger partial charge is 0.0645 e. The minimum atomic E-state index is 0.122. The maximum atomic E-state index is 6.30. The van der Waals surface area contributed by atoms with E-state index in [9.17, 15) is 0 Å². The summed E-state index contributed by atoms with van der Waals surface area (Å²) < 4.78 is 5.70. The van der Waals surface area contributed by atoms with Crippen molar-refractivity contribution < 1.29 is 4.74 Å². The first-order chi connectivity index (χ1) is 9.39. The van der Waals surface area contributed by atoms with Crippen molar-refractivity contribution in [3.8, 4) is 0 Å². The third-order valence-corrected chi connectivity index (χ3v) is 5.33. The van der Waals surface area contributed by atoms with E-state index in [4.69, 9.17) is 10.5 Å². The van der Waals surface area contributed by atoms with Crippen LogP contribution in [0.5, 0.6) is 0 Å². The van der Waals surface area contributed by atoms with E-state index in [2.05, 4.69) is 32.6 Å². The summed E-state index contributed by atoms with van der Waals surface area (Å²) in [6.07, 6.45) is 6.63. The molecule has 118 valence electrons. The highest BCUT2D eigenvalue weighted by molar-refractivity contribution is 5.03. The van der Waals surface area contributed by atoms with Gasteiger partial charge in [-0.3, -0.25) is 4.90 Å². The van der Waals surface area contributed by atoms with Crippen molar-refractivity contribution in [1.29, 1.82) is 0 Å². The molecule has 2 unspecified atom stereocenters. The predicted octanol–water partition coefficient (Wildman–Crippen LogP) is 3.03. The number of ether oxygens (including phenoxy) is 1. The molecule has 3 heteroatoms. The molecular formula is C17H34N2O. The third-order valence-electron chi connectivity index (χ3n) is 5.33. The molecule has 0 aromatic carbocycles. The normalized spacial score (nSPS) is 35.4. The second-order valence-electron chi connectivity index (χ2n) is 8.04. The lowest BCUT2D eigenvalue weighted by Crippen LogP contribution is -2.67. The predicted molar refractivity (Wildman–Crippen MR) is 84.8 cm³/mol. The fourth-order valence-electron chi connectivity index (χ4n) is 4.61. The van der Waals surface area contributed by atoms with E-state index in [-0.39, 0.29) is 11.1 Å². The average Bonchev–Trinajstić information content (AvgIpc) is 2.37. The highest BCUT2D eigenvalue weighted by atomic mass is 16.5. The van der Waals surface area contributed by atoms with Gasteiger partial charge in [0.05, 0.1) is 13.2 Å². The highest BCUT2D eigenvalue weighted by Gasteiger charge is 2.47. The van der Waals surface area contributed by atoms with Crippen LogP contribution in [0.2, 0.25) is 0 Å². The Labute approximate surface area is 125 Å². The molecule has 0 aromatic heterocycles. The molecule has 1 saturated carbocycles. The maximum Gasteiger partial charge on any atom is 0.0645 e. The molecule has 0 spiro atoms. The standard InChI is InChI=1S/C17H34N2O/c1-14(2)10-15-6-5-7-17(11-15,12-18)19-8-9-20-13-16(19,3)4/h14-15H,5-13,18H2,1-4H3. The molecule has 3 nitrogen and oxygen atoms in total. The van der Waals surface area contributed by atoms with E-state index in [0.717, 1.165) is 38.1 Å². The van der Waals surface area contributed by atoms with Crippen molar-refractivity contribution in [2.45, 2.75) is 70.9 Å². The molecule has 2 atom stereocenters. The molecule has 1 saturated heterocycles. The average molecular weight is 282 g/mol. The molecule has 0 amide bonds. The fourth-order valence-corrected chi connectivity index (χ4v) is 4.61. The van der Waals surface area contributed by atoms with Gasteiger partial charge in [-0.2, -0.15) is 0 Å². The lowest BCUT2D eigenvalue weighted by Gasteiger charge is -2.56. The van der Waals surface area contributed by atoms with Crippen molar-refractivity contribution in [3.05, 3.63) is 0 Å². The Kier molecular flexibility index (Phi) is 5.14. The Hall–Kier alpha value is -0.120. The lowest BCUT2D eigenvalue weighted by molar-refractivity contribution is -0.119. The number of nitrogens with two attached hydrogens (primary N) is 1. The summed E-state index contributed by atoms with van der Waals surface area (Å²) in [5.41, 5.74) is 6.64. The van der Waals surface area contributed by atoms with Gasteiger partial charge >= 0.3 is 0 Å². The van der Waals surface area contributed by atoms with E-state index in [1.165, 1.54) is 32.1 Å². The zero-order valence-corrected chi connectivity index (χ0v) is 14.0. The fraction of sp³-hybridized carbons (Fsp3) is 1.00. The van der Waals surface area contributed by atoms with Gasteiger partial charge in [0, 0.05) is 24.2 Å². The van der Waals surface area contributed by atoms with E-state index in [0.29, 0.717) is 0 Å². The molecule has 2 rings (SSSR count). The zero-order valence-electron chi connectivity index (χ0n) is 14.0. The van der Waals surface area contributed by atoms with Crippen LogP contribution in [0.25, 0.3) is 0 Å². The van der Waals surface area contributed by atoms with Crippen LogP contribution in [0.3, 0.4) is 0 Å². The Morgan fingerprint density at radius 2 is 2.10 bits per heavy atom. The largest absolute Gasteiger partial charge is 0.378 e. The van der Waals surface area contributed by atoms with Crippen LogP contribution in [-0.4, -0.2) is 42.3 Å². The second kappa shape index (κ2) is 6.33. The highest BCUT2D eigenvalue weighted by Crippen LogP contribution is 2.42. The summed E-state index contributed by atoms with van der Waals surface area (Å²) >= 11 is 0. The van der Waals surface area contributed by atoms with Crippen LogP contribution >= 0.6 is 0 Å². The molecule has 0 bridgehead atoms. The van der Waals surface area contributed by atoms with Crippen molar-refractivity contribution in [2.24, 2.45) is 17.6 Å². The quantitative estimate of drug-likeness (QED) is 0.861. The van der Waals surface area contributed by atoms with Gasteiger partial charge in [0.15, 0.2) is 0 Å². The number of morpholine rings is 1. The monoisotopic (exact) mass is 282 g/mol. The van der Waals surface area contributed by atoms with Crippen LogP contribution in [0.1, 0.15) is 59.8 Å². The summed E-state index contributed by atoms with van der Waals surface area (Å²) in [5, 5.41) is 0. The molecule has 0 radical (unpaired) electrons. The summed E-state index contributed by atoms with van der Waals surface area (Å²) in [4.78, 5) is 2.69. The van der Waals surface area contributed by atoms with Gasteiger partial charge in [0.1, 0.15) is 0 Å². The van der Waals surface area contributed by atoms with Crippen molar-refractivity contribution in [3.63, 3.8) is 0 Å². The van der Waals surface area contributed by atoms with Crippen LogP contribution in [0.4, 0.5) is 0 Å². The van der Waals surface area contributed by atoms with Crippen LogP contribution in [-0.2, 0) is 4.74 Å². The summed E-state index contributed by atoms with van der Waals surface area (Å²) in [7, 11) is 0. The minimum Gasteiger partial charge on any atom is -0.378 e. The molecular weight excluding hydrogens is 248 g/mol. The van der Waals surface area contributed by atoms with Gasteiger partial charge in [0.25, 0.3) is 0 Å². The molecule has 1 aliphatic heterocycles. The molecule has 2 aliphatic rings. The molecule has 1 aliphatic carbocycles. The zero-order chi connectivity index (χ0) is 14.8. The van der Waals surface area contributed by atoms with Gasteiger partial charge in [-0.05, 0) is 44.9 Å². The first-order valence-corrected chi connectivity index (χ1v) is 8.45. The first-order valence-electron chi connectivity index (χ1n) is 8.45. The van der Waals surface area contributed by atoms with E-state index in [1.807, 2.05) is 0 Å². The summed E-state index contributed by atoms with van der Waals surface area (Å²) in [6.45, 7) is 12.9. The summed E-state index contributed by atoms with van der Waals surface area (Å²) in [6, 6.07) is 0. The number of nitrogens with zero attached hydrogens (tertiary/aromatic N) is 1. The van der Waals surface area contributed by atoms with Gasteiger partial charge in [-0.1, -0.05) is 26.7 Å². The molecule has 2 N–H and O–H groups in total. The van der Waals surface area contributed by atoms with E-state index < -0.39 is 0 Å². The van der Waals surface area contributed by atoms with Gasteiger partial charge in [-0.15, -0.1) is 0 Å². The molecule has 1 heterocycles. The lowest BCUT2D eigenvalue weighted by atomic mass is 9.70. The van der Waals surface area contributed by atoms with Crippen molar-refractivity contribution >= 4 is 0 Å². The molecule has 2 fully saturated rings. The molecule has 20 heavy (non-hydrogen) atoms. The third kappa shape index (κ3) is 3.37. The Balaban J connectivity index is 2.15. The molecule has 0 aromatic rings. The minimum absolute atomic E-state index is 0.122. The van der Waals surface area contributed by atoms with Crippen LogP contribution in [0.15, 0.2) is 0 Å².